The zero-order valence-electron chi connectivity index (χ0n) is 11.4. The fraction of sp³-hybridized carbons (Fsp3) is 0.625. The lowest BCUT2D eigenvalue weighted by atomic mass is 9.79. The average Bonchev–Trinajstić information content (AvgIpc) is 2.29. The molecule has 94 valence electrons. The summed E-state index contributed by atoms with van der Waals surface area (Å²) in [6, 6.07) is 11.7. The van der Waals surface area contributed by atoms with E-state index in [2.05, 4.69) is 56.4 Å². The topological polar surface area (TPSA) is 12.0 Å². The molecule has 0 aromatic heterocycles. The molecule has 2 rings (SSSR count). The standard InChI is InChI=1S/C16H25N/c1-16(2,3)17-15-12-8-7-11-14(15)13-9-5-4-6-10-13/h4-6,9-10,14-15,17H,7-8,11-12H2,1-3H3/t14-,15-/m0/s1. The van der Waals surface area contributed by atoms with Crippen LogP contribution in [0.2, 0.25) is 0 Å². The lowest BCUT2D eigenvalue weighted by molar-refractivity contribution is 0.265. The Morgan fingerprint density at radius 3 is 2.29 bits per heavy atom. The quantitative estimate of drug-likeness (QED) is 0.808. The molecule has 1 nitrogen and oxygen atoms in total. The molecule has 17 heavy (non-hydrogen) atoms. The summed E-state index contributed by atoms with van der Waals surface area (Å²) in [4.78, 5) is 0. The highest BCUT2D eigenvalue weighted by molar-refractivity contribution is 5.22. The number of rotatable bonds is 2. The molecule has 0 spiro atoms. The van der Waals surface area contributed by atoms with E-state index in [1.54, 1.807) is 0 Å². The monoisotopic (exact) mass is 231 g/mol. The summed E-state index contributed by atoms with van der Waals surface area (Å²) in [6.07, 6.45) is 5.40. The van der Waals surface area contributed by atoms with Crippen molar-refractivity contribution in [3.8, 4) is 0 Å². The second-order valence-electron chi connectivity index (χ2n) is 6.30. The first-order valence-electron chi connectivity index (χ1n) is 6.89. The Morgan fingerprint density at radius 1 is 1.00 bits per heavy atom. The Balaban J connectivity index is 2.13. The third-order valence-electron chi connectivity index (χ3n) is 3.61. The van der Waals surface area contributed by atoms with Crippen molar-refractivity contribution in [2.24, 2.45) is 0 Å². The van der Waals surface area contributed by atoms with Gasteiger partial charge in [0.1, 0.15) is 0 Å². The van der Waals surface area contributed by atoms with Crippen molar-refractivity contribution < 1.29 is 0 Å². The van der Waals surface area contributed by atoms with Crippen LogP contribution in [0.1, 0.15) is 57.9 Å². The molecule has 1 fully saturated rings. The van der Waals surface area contributed by atoms with Crippen LogP contribution in [0, 0.1) is 0 Å². The molecule has 1 aliphatic carbocycles. The summed E-state index contributed by atoms with van der Waals surface area (Å²) in [5, 5.41) is 3.81. The SMILES string of the molecule is CC(C)(C)N[C@H]1CCCC[C@H]1c1ccccc1. The maximum absolute atomic E-state index is 3.81. The van der Waals surface area contributed by atoms with Gasteiger partial charge in [-0.1, -0.05) is 43.2 Å². The summed E-state index contributed by atoms with van der Waals surface area (Å²) >= 11 is 0. The molecule has 0 radical (unpaired) electrons. The van der Waals surface area contributed by atoms with E-state index < -0.39 is 0 Å². The molecule has 0 bridgehead atoms. The summed E-state index contributed by atoms with van der Waals surface area (Å²) in [5.41, 5.74) is 1.73. The van der Waals surface area contributed by atoms with Crippen molar-refractivity contribution in [1.82, 2.24) is 5.32 Å². The molecule has 1 N–H and O–H groups in total. The number of hydrogen-bond donors (Lipinski definition) is 1. The fourth-order valence-electron chi connectivity index (χ4n) is 2.96. The maximum atomic E-state index is 3.81. The highest BCUT2D eigenvalue weighted by Crippen LogP contribution is 2.33. The van der Waals surface area contributed by atoms with Gasteiger partial charge in [0.2, 0.25) is 0 Å². The van der Waals surface area contributed by atoms with Gasteiger partial charge in [-0.05, 0) is 45.1 Å². The Morgan fingerprint density at radius 2 is 1.65 bits per heavy atom. The molecule has 2 atom stereocenters. The highest BCUT2D eigenvalue weighted by atomic mass is 15.0. The van der Waals surface area contributed by atoms with Crippen molar-refractivity contribution >= 4 is 0 Å². The Hall–Kier alpha value is -0.820. The summed E-state index contributed by atoms with van der Waals surface area (Å²) < 4.78 is 0. The van der Waals surface area contributed by atoms with Crippen LogP contribution in [-0.2, 0) is 0 Å². The van der Waals surface area contributed by atoms with E-state index in [0.717, 1.165) is 0 Å². The van der Waals surface area contributed by atoms with E-state index in [4.69, 9.17) is 0 Å². The minimum atomic E-state index is 0.217. The minimum Gasteiger partial charge on any atom is -0.309 e. The van der Waals surface area contributed by atoms with E-state index in [0.29, 0.717) is 12.0 Å². The molecule has 0 heterocycles. The Bertz CT molecular complexity index is 336. The number of benzene rings is 1. The van der Waals surface area contributed by atoms with Crippen molar-refractivity contribution in [2.75, 3.05) is 0 Å². The van der Waals surface area contributed by atoms with Gasteiger partial charge in [-0.2, -0.15) is 0 Å². The first-order valence-corrected chi connectivity index (χ1v) is 6.89. The molecule has 0 amide bonds. The summed E-state index contributed by atoms with van der Waals surface area (Å²) in [5.74, 6) is 0.698. The second-order valence-corrected chi connectivity index (χ2v) is 6.30. The molecular formula is C16H25N. The molecule has 0 aliphatic heterocycles. The fourth-order valence-corrected chi connectivity index (χ4v) is 2.96. The van der Waals surface area contributed by atoms with E-state index in [9.17, 15) is 0 Å². The van der Waals surface area contributed by atoms with Crippen molar-refractivity contribution in [2.45, 2.75) is 64.0 Å². The lowest BCUT2D eigenvalue weighted by Gasteiger charge is -2.37. The van der Waals surface area contributed by atoms with Crippen molar-refractivity contribution in [3.63, 3.8) is 0 Å². The van der Waals surface area contributed by atoms with Gasteiger partial charge in [0, 0.05) is 11.6 Å². The van der Waals surface area contributed by atoms with Crippen LogP contribution in [0.3, 0.4) is 0 Å². The maximum Gasteiger partial charge on any atom is 0.0141 e. The third kappa shape index (κ3) is 3.57. The molecule has 0 saturated heterocycles. The first-order chi connectivity index (χ1) is 8.06. The van der Waals surface area contributed by atoms with Crippen LogP contribution in [0.15, 0.2) is 30.3 Å². The molecule has 1 aliphatic rings. The highest BCUT2D eigenvalue weighted by Gasteiger charge is 2.28. The van der Waals surface area contributed by atoms with Gasteiger partial charge in [0.25, 0.3) is 0 Å². The Kier molecular flexibility index (Phi) is 3.88. The number of nitrogens with one attached hydrogen (secondary N) is 1. The van der Waals surface area contributed by atoms with Crippen molar-refractivity contribution in [1.29, 1.82) is 0 Å². The zero-order chi connectivity index (χ0) is 12.3. The predicted octanol–water partition coefficient (Wildman–Crippen LogP) is 4.10. The third-order valence-corrected chi connectivity index (χ3v) is 3.61. The van der Waals surface area contributed by atoms with Crippen LogP contribution in [0.4, 0.5) is 0 Å². The van der Waals surface area contributed by atoms with Crippen LogP contribution >= 0.6 is 0 Å². The zero-order valence-corrected chi connectivity index (χ0v) is 11.4. The van der Waals surface area contributed by atoms with Crippen LogP contribution in [0.25, 0.3) is 0 Å². The molecule has 1 aromatic rings. The van der Waals surface area contributed by atoms with Gasteiger partial charge >= 0.3 is 0 Å². The smallest absolute Gasteiger partial charge is 0.0141 e. The minimum absolute atomic E-state index is 0.217. The van der Waals surface area contributed by atoms with Gasteiger partial charge in [-0.3, -0.25) is 0 Å². The van der Waals surface area contributed by atoms with E-state index >= 15 is 0 Å². The first kappa shape index (κ1) is 12.6. The van der Waals surface area contributed by atoms with Gasteiger partial charge in [-0.15, -0.1) is 0 Å². The molecule has 1 aromatic carbocycles. The van der Waals surface area contributed by atoms with Crippen LogP contribution < -0.4 is 5.32 Å². The van der Waals surface area contributed by atoms with Gasteiger partial charge in [-0.25, -0.2) is 0 Å². The van der Waals surface area contributed by atoms with E-state index in [1.165, 1.54) is 31.2 Å². The Labute approximate surface area is 106 Å². The van der Waals surface area contributed by atoms with Gasteiger partial charge in [0.15, 0.2) is 0 Å². The molecular weight excluding hydrogens is 206 g/mol. The van der Waals surface area contributed by atoms with Crippen LogP contribution in [0.5, 0.6) is 0 Å². The number of hydrogen-bond acceptors (Lipinski definition) is 1. The van der Waals surface area contributed by atoms with Crippen LogP contribution in [-0.4, -0.2) is 11.6 Å². The second kappa shape index (κ2) is 5.22. The summed E-state index contributed by atoms with van der Waals surface area (Å²) in [6.45, 7) is 6.80. The molecule has 0 unspecified atom stereocenters. The predicted molar refractivity (Wildman–Crippen MR) is 74.3 cm³/mol. The molecule has 1 saturated carbocycles. The lowest BCUT2D eigenvalue weighted by Crippen LogP contribution is -2.47. The normalized spacial score (nSPS) is 25.8. The largest absolute Gasteiger partial charge is 0.309 e. The van der Waals surface area contributed by atoms with Gasteiger partial charge < -0.3 is 5.32 Å². The average molecular weight is 231 g/mol. The molecule has 1 heteroatoms. The van der Waals surface area contributed by atoms with E-state index in [-0.39, 0.29) is 5.54 Å². The summed E-state index contributed by atoms with van der Waals surface area (Å²) in [7, 11) is 0. The van der Waals surface area contributed by atoms with E-state index in [1.807, 2.05) is 0 Å². The van der Waals surface area contributed by atoms with Crippen molar-refractivity contribution in [3.05, 3.63) is 35.9 Å². The van der Waals surface area contributed by atoms with Gasteiger partial charge in [0.05, 0.1) is 0 Å².